The van der Waals surface area contributed by atoms with Crippen molar-refractivity contribution < 1.29 is 4.79 Å². The molecule has 0 atom stereocenters. The standard InChI is InChI=1S/C29H36N8O/c1-21(16-22(18-30-2)20-36-12-4-3-5-13-36)23-6-8-26-25(17-23)28(35-34-26)29(38)33-24-7-9-27(32-19-24)37-14-10-31-11-15-37/h6-9,16-19,31H,2-5,10-15,20H2,1H3,(H,33,38)(H,34,35)/b21-16+,22-18+. The number of amides is 1. The van der Waals surface area contributed by atoms with Crippen molar-refractivity contribution in [3.8, 4) is 0 Å². The van der Waals surface area contributed by atoms with Gasteiger partial charge in [-0.3, -0.25) is 19.8 Å². The van der Waals surface area contributed by atoms with E-state index in [4.69, 9.17) is 0 Å². The molecule has 0 saturated carbocycles. The van der Waals surface area contributed by atoms with Gasteiger partial charge in [-0.05, 0) is 80.5 Å². The summed E-state index contributed by atoms with van der Waals surface area (Å²) in [6.45, 7) is 12.6. The van der Waals surface area contributed by atoms with Gasteiger partial charge in [0.05, 0.1) is 17.4 Å². The molecule has 3 aromatic rings. The van der Waals surface area contributed by atoms with E-state index in [9.17, 15) is 4.79 Å². The fraction of sp³-hybridized carbons (Fsp3) is 0.379. The number of rotatable bonds is 8. The van der Waals surface area contributed by atoms with Crippen LogP contribution >= 0.6 is 0 Å². The van der Waals surface area contributed by atoms with Crippen LogP contribution in [0.3, 0.4) is 0 Å². The maximum atomic E-state index is 13.2. The van der Waals surface area contributed by atoms with E-state index in [0.717, 1.165) is 79.2 Å². The van der Waals surface area contributed by atoms with Gasteiger partial charge in [-0.2, -0.15) is 5.10 Å². The quantitative estimate of drug-likeness (QED) is 0.310. The molecule has 4 heterocycles. The average Bonchev–Trinajstić information content (AvgIpc) is 3.38. The first-order chi connectivity index (χ1) is 18.6. The molecule has 3 N–H and O–H groups in total. The van der Waals surface area contributed by atoms with Gasteiger partial charge in [0.15, 0.2) is 5.69 Å². The number of piperazine rings is 1. The van der Waals surface area contributed by atoms with Crippen molar-refractivity contribution in [3.63, 3.8) is 0 Å². The molecule has 2 fully saturated rings. The molecular formula is C29H36N8O. The second kappa shape index (κ2) is 12.1. The highest BCUT2D eigenvalue weighted by Crippen LogP contribution is 2.25. The summed E-state index contributed by atoms with van der Waals surface area (Å²) in [5.41, 5.74) is 5.07. The zero-order valence-corrected chi connectivity index (χ0v) is 22.0. The highest BCUT2D eigenvalue weighted by molar-refractivity contribution is 6.11. The number of carbonyl (C=O) groups is 1. The number of hydrogen-bond acceptors (Lipinski definition) is 7. The van der Waals surface area contributed by atoms with E-state index in [1.807, 2.05) is 36.5 Å². The highest BCUT2D eigenvalue weighted by Gasteiger charge is 2.17. The monoisotopic (exact) mass is 512 g/mol. The van der Waals surface area contributed by atoms with Crippen molar-refractivity contribution in [1.29, 1.82) is 0 Å². The average molecular weight is 513 g/mol. The summed E-state index contributed by atoms with van der Waals surface area (Å²) < 4.78 is 0. The molecule has 1 aromatic carbocycles. The third kappa shape index (κ3) is 6.17. The minimum atomic E-state index is -0.270. The van der Waals surface area contributed by atoms with Crippen molar-refractivity contribution in [3.05, 3.63) is 65.6 Å². The summed E-state index contributed by atoms with van der Waals surface area (Å²) in [7, 11) is 0. The third-order valence-corrected chi connectivity index (χ3v) is 7.19. The van der Waals surface area contributed by atoms with Crippen molar-refractivity contribution in [2.24, 2.45) is 4.99 Å². The third-order valence-electron chi connectivity index (χ3n) is 7.19. The second-order valence-corrected chi connectivity index (χ2v) is 9.98. The van der Waals surface area contributed by atoms with Gasteiger partial charge >= 0.3 is 0 Å². The summed E-state index contributed by atoms with van der Waals surface area (Å²) in [5, 5.41) is 14.4. The molecule has 5 rings (SSSR count). The summed E-state index contributed by atoms with van der Waals surface area (Å²) in [6, 6.07) is 9.87. The summed E-state index contributed by atoms with van der Waals surface area (Å²) >= 11 is 0. The lowest BCUT2D eigenvalue weighted by Gasteiger charge is -2.28. The molecule has 38 heavy (non-hydrogen) atoms. The summed E-state index contributed by atoms with van der Waals surface area (Å²) in [6.07, 6.45) is 9.51. The van der Waals surface area contributed by atoms with Crippen LogP contribution in [0.5, 0.6) is 0 Å². The second-order valence-electron chi connectivity index (χ2n) is 9.98. The Morgan fingerprint density at radius 3 is 2.68 bits per heavy atom. The predicted molar refractivity (Wildman–Crippen MR) is 155 cm³/mol. The number of aromatic nitrogens is 3. The van der Waals surface area contributed by atoms with E-state index in [2.05, 4.69) is 60.3 Å². The SMILES string of the molecule is C=N/C=C(\C=C(/C)c1ccc2[nH]nc(C(=O)Nc3ccc(N4CCNCC4)nc3)c2c1)CN1CCCCC1. The molecule has 0 spiro atoms. The first kappa shape index (κ1) is 25.8. The van der Waals surface area contributed by atoms with E-state index in [-0.39, 0.29) is 5.91 Å². The van der Waals surface area contributed by atoms with Gasteiger partial charge in [0, 0.05) is 44.3 Å². The minimum Gasteiger partial charge on any atom is -0.354 e. The van der Waals surface area contributed by atoms with Crippen molar-refractivity contribution in [2.75, 3.05) is 56.0 Å². The van der Waals surface area contributed by atoms with Crippen LogP contribution in [-0.4, -0.2) is 78.5 Å². The number of benzene rings is 1. The van der Waals surface area contributed by atoms with E-state index in [0.29, 0.717) is 11.4 Å². The topological polar surface area (TPSA) is 102 Å². The Morgan fingerprint density at radius 1 is 1.13 bits per heavy atom. The number of carbonyl (C=O) groups excluding carboxylic acids is 1. The number of aliphatic imine (C=N–C) groups is 1. The van der Waals surface area contributed by atoms with E-state index in [1.165, 1.54) is 19.3 Å². The molecule has 0 bridgehead atoms. The molecule has 1 amide bonds. The molecule has 0 aliphatic carbocycles. The van der Waals surface area contributed by atoms with Crippen LogP contribution in [-0.2, 0) is 0 Å². The molecule has 2 aliphatic heterocycles. The first-order valence-corrected chi connectivity index (χ1v) is 13.4. The minimum absolute atomic E-state index is 0.270. The molecular weight excluding hydrogens is 476 g/mol. The molecule has 198 valence electrons. The van der Waals surface area contributed by atoms with Crippen LogP contribution in [0.25, 0.3) is 16.5 Å². The van der Waals surface area contributed by atoms with Gasteiger partial charge in [0.2, 0.25) is 0 Å². The summed E-state index contributed by atoms with van der Waals surface area (Å²) in [4.78, 5) is 26.4. The summed E-state index contributed by atoms with van der Waals surface area (Å²) in [5.74, 6) is 0.648. The maximum absolute atomic E-state index is 13.2. The molecule has 2 aliphatic rings. The molecule has 2 saturated heterocycles. The first-order valence-electron chi connectivity index (χ1n) is 13.4. The number of anilines is 2. The van der Waals surface area contributed by atoms with Crippen molar-refractivity contribution in [1.82, 2.24) is 25.4 Å². The highest BCUT2D eigenvalue weighted by atomic mass is 16.1. The number of pyridine rings is 1. The van der Waals surface area contributed by atoms with Gasteiger partial charge in [-0.25, -0.2) is 4.98 Å². The fourth-order valence-electron chi connectivity index (χ4n) is 5.14. The smallest absolute Gasteiger partial charge is 0.276 e. The molecule has 0 radical (unpaired) electrons. The normalized spacial score (nSPS) is 17.6. The van der Waals surface area contributed by atoms with Crippen LogP contribution in [0.4, 0.5) is 11.5 Å². The Labute approximate surface area is 223 Å². The predicted octanol–water partition coefficient (Wildman–Crippen LogP) is 4.09. The Kier molecular flexibility index (Phi) is 8.25. The molecule has 0 unspecified atom stereocenters. The van der Waals surface area contributed by atoms with Gasteiger partial charge in [0.1, 0.15) is 5.82 Å². The molecule has 9 nitrogen and oxygen atoms in total. The molecule has 2 aromatic heterocycles. The number of piperidine rings is 1. The van der Waals surface area contributed by atoms with Crippen LogP contribution in [0.2, 0.25) is 0 Å². The van der Waals surface area contributed by atoms with Gasteiger partial charge in [-0.1, -0.05) is 18.6 Å². The lowest BCUT2D eigenvalue weighted by Crippen LogP contribution is -2.43. The molecule has 9 heteroatoms. The maximum Gasteiger partial charge on any atom is 0.276 e. The van der Waals surface area contributed by atoms with Crippen molar-refractivity contribution >= 4 is 40.6 Å². The Bertz CT molecular complexity index is 1330. The number of fused-ring (bicyclic) bond motifs is 1. The number of nitrogens with zero attached hydrogens (tertiary/aromatic N) is 5. The fourth-order valence-corrected chi connectivity index (χ4v) is 5.14. The lowest BCUT2D eigenvalue weighted by atomic mass is 10.0. The van der Waals surface area contributed by atoms with Crippen LogP contribution in [0.15, 0.2) is 59.4 Å². The number of aromatic amines is 1. The van der Waals surface area contributed by atoms with E-state index in [1.54, 1.807) is 6.20 Å². The van der Waals surface area contributed by atoms with Crippen molar-refractivity contribution in [2.45, 2.75) is 26.2 Å². The van der Waals surface area contributed by atoms with Crippen LogP contribution in [0, 0.1) is 0 Å². The number of likely N-dealkylation sites (tertiary alicyclic amines) is 1. The van der Waals surface area contributed by atoms with Gasteiger partial charge in [-0.15, -0.1) is 0 Å². The number of allylic oxidation sites excluding steroid dienone is 1. The largest absolute Gasteiger partial charge is 0.354 e. The van der Waals surface area contributed by atoms with Gasteiger partial charge in [0.25, 0.3) is 5.91 Å². The van der Waals surface area contributed by atoms with Crippen LogP contribution in [0.1, 0.15) is 42.2 Å². The Hall–Kier alpha value is -3.82. The zero-order chi connectivity index (χ0) is 26.3. The lowest BCUT2D eigenvalue weighted by molar-refractivity contribution is 0.102. The Balaban J connectivity index is 1.31. The number of H-pyrrole nitrogens is 1. The number of nitrogens with one attached hydrogen (secondary N) is 3. The number of hydrogen-bond donors (Lipinski definition) is 3. The van der Waals surface area contributed by atoms with Gasteiger partial charge < -0.3 is 15.5 Å². The zero-order valence-electron chi connectivity index (χ0n) is 22.0. The Morgan fingerprint density at radius 2 is 1.95 bits per heavy atom. The van der Waals surface area contributed by atoms with E-state index < -0.39 is 0 Å². The van der Waals surface area contributed by atoms with Crippen LogP contribution < -0.4 is 15.5 Å². The van der Waals surface area contributed by atoms with E-state index >= 15 is 0 Å².